The fraction of sp³-hybridized carbons (Fsp3) is 0.333. The molecule has 15 heavy (non-hydrogen) atoms. The van der Waals surface area contributed by atoms with Crippen molar-refractivity contribution in [1.82, 2.24) is 14.6 Å². The maximum absolute atomic E-state index is 9.64. The third-order valence-corrected chi connectivity index (χ3v) is 2.16. The van der Waals surface area contributed by atoms with Crippen LogP contribution in [0.4, 0.5) is 0 Å². The van der Waals surface area contributed by atoms with Crippen molar-refractivity contribution in [2.45, 2.75) is 13.2 Å². The second kappa shape index (κ2) is 4.14. The zero-order chi connectivity index (χ0) is 10.8. The van der Waals surface area contributed by atoms with Crippen molar-refractivity contribution in [3.05, 3.63) is 29.2 Å². The molecule has 1 N–H and O–H groups in total. The summed E-state index contributed by atoms with van der Waals surface area (Å²) >= 11 is 5.75. The molecule has 5 nitrogen and oxygen atoms in total. The molecule has 0 aliphatic carbocycles. The first-order chi connectivity index (χ1) is 7.22. The molecule has 0 aliphatic heterocycles. The van der Waals surface area contributed by atoms with Gasteiger partial charge in [-0.3, -0.25) is 0 Å². The van der Waals surface area contributed by atoms with Crippen molar-refractivity contribution >= 4 is 17.2 Å². The van der Waals surface area contributed by atoms with E-state index >= 15 is 0 Å². The van der Waals surface area contributed by atoms with Gasteiger partial charge in [-0.1, -0.05) is 11.6 Å². The van der Waals surface area contributed by atoms with Gasteiger partial charge in [0.15, 0.2) is 11.9 Å². The van der Waals surface area contributed by atoms with Gasteiger partial charge in [-0.2, -0.15) is 5.10 Å². The molecule has 0 aliphatic rings. The Kier molecular flexibility index (Phi) is 2.86. The molecule has 6 heteroatoms. The number of rotatable bonds is 3. The number of ether oxygens (including phenoxy) is 1. The lowest BCUT2D eigenvalue weighted by Gasteiger charge is -2.07. The lowest BCUT2D eigenvalue weighted by Crippen LogP contribution is -2.03. The molecule has 2 heterocycles. The minimum absolute atomic E-state index is 0.355. The Morgan fingerprint density at radius 1 is 1.67 bits per heavy atom. The van der Waals surface area contributed by atoms with E-state index in [4.69, 9.17) is 16.3 Å². The second-order valence-electron chi connectivity index (χ2n) is 2.93. The molecule has 0 radical (unpaired) electrons. The number of aliphatic hydroxyl groups is 1. The number of nitrogens with zero attached hydrogens (tertiary/aromatic N) is 3. The van der Waals surface area contributed by atoms with Gasteiger partial charge >= 0.3 is 0 Å². The van der Waals surface area contributed by atoms with Crippen LogP contribution in [-0.4, -0.2) is 26.3 Å². The molecule has 0 bridgehead atoms. The quantitative estimate of drug-likeness (QED) is 0.636. The van der Waals surface area contributed by atoms with Crippen LogP contribution in [0.3, 0.4) is 0 Å². The Bertz CT molecular complexity index is 471. The highest BCUT2D eigenvalue weighted by Gasteiger charge is 2.14. The van der Waals surface area contributed by atoms with Crippen LogP contribution in [0.5, 0.6) is 0 Å². The number of hydrogen-bond acceptors (Lipinski definition) is 4. The fourth-order valence-corrected chi connectivity index (χ4v) is 1.42. The highest BCUT2D eigenvalue weighted by molar-refractivity contribution is 6.29. The van der Waals surface area contributed by atoms with Crippen LogP contribution in [0.25, 0.3) is 5.65 Å². The second-order valence-corrected chi connectivity index (χ2v) is 3.31. The number of hydrogen-bond donors (Lipinski definition) is 1. The van der Waals surface area contributed by atoms with Crippen LogP contribution in [0.2, 0.25) is 5.15 Å². The van der Waals surface area contributed by atoms with Crippen LogP contribution < -0.4 is 0 Å². The van der Waals surface area contributed by atoms with Crippen LogP contribution in [0.1, 0.15) is 18.8 Å². The first kappa shape index (κ1) is 10.4. The summed E-state index contributed by atoms with van der Waals surface area (Å²) < 4.78 is 6.58. The first-order valence-electron chi connectivity index (χ1n) is 4.52. The maximum atomic E-state index is 9.64. The van der Waals surface area contributed by atoms with Gasteiger partial charge in [0.2, 0.25) is 0 Å². The third kappa shape index (κ3) is 1.94. The number of aromatic nitrogens is 3. The summed E-state index contributed by atoms with van der Waals surface area (Å²) in [4.78, 5) is 4.06. The minimum Gasteiger partial charge on any atom is -0.364 e. The summed E-state index contributed by atoms with van der Waals surface area (Å²) in [6, 6.07) is 1.62. The highest BCUT2D eigenvalue weighted by Crippen LogP contribution is 2.19. The standard InChI is InChI=1S/C9H10ClN3O2/c1-2-15-9(14)6-5-11-13-4-3-7(10)12-8(6)13/h3-5,9,14H,2H2,1H3. The zero-order valence-electron chi connectivity index (χ0n) is 8.09. The lowest BCUT2D eigenvalue weighted by atomic mass is 10.3. The Hall–Kier alpha value is -1.17. The molecule has 1 unspecified atom stereocenters. The normalized spacial score (nSPS) is 13.3. The topological polar surface area (TPSA) is 59.7 Å². The van der Waals surface area contributed by atoms with Gasteiger partial charge in [0, 0.05) is 12.8 Å². The minimum atomic E-state index is -1.02. The van der Waals surface area contributed by atoms with Gasteiger partial charge in [0.05, 0.1) is 11.8 Å². The molecule has 2 rings (SSSR count). The van der Waals surface area contributed by atoms with E-state index in [0.29, 0.717) is 23.0 Å². The summed E-state index contributed by atoms with van der Waals surface area (Å²) in [7, 11) is 0. The molecule has 0 saturated heterocycles. The van der Waals surface area contributed by atoms with Crippen molar-refractivity contribution in [2.75, 3.05) is 6.61 Å². The molecule has 0 saturated carbocycles. The van der Waals surface area contributed by atoms with Crippen LogP contribution in [-0.2, 0) is 4.74 Å². The molecule has 2 aromatic heterocycles. The molecule has 0 spiro atoms. The van der Waals surface area contributed by atoms with E-state index in [2.05, 4.69) is 10.1 Å². The number of aliphatic hydroxyl groups excluding tert-OH is 1. The largest absolute Gasteiger partial charge is 0.364 e. The van der Waals surface area contributed by atoms with Crippen molar-refractivity contribution in [3.63, 3.8) is 0 Å². The third-order valence-electron chi connectivity index (χ3n) is 1.95. The maximum Gasteiger partial charge on any atom is 0.186 e. The molecule has 80 valence electrons. The number of halogens is 1. The van der Waals surface area contributed by atoms with Gasteiger partial charge in [0.25, 0.3) is 0 Å². The highest BCUT2D eigenvalue weighted by atomic mass is 35.5. The van der Waals surface area contributed by atoms with E-state index in [1.807, 2.05) is 0 Å². The SMILES string of the molecule is CCOC(O)c1cnn2ccc(Cl)nc12. The van der Waals surface area contributed by atoms with E-state index in [1.165, 1.54) is 10.7 Å². The van der Waals surface area contributed by atoms with Gasteiger partial charge < -0.3 is 9.84 Å². The number of fused-ring (bicyclic) bond motifs is 1. The summed E-state index contributed by atoms with van der Waals surface area (Å²) in [6.07, 6.45) is 2.17. The first-order valence-corrected chi connectivity index (χ1v) is 4.89. The predicted octanol–water partition coefficient (Wildman–Crippen LogP) is 1.41. The molecular weight excluding hydrogens is 218 g/mol. The summed E-state index contributed by atoms with van der Waals surface area (Å²) in [5.74, 6) is 0. The molecule has 0 amide bonds. The predicted molar refractivity (Wildman–Crippen MR) is 54.6 cm³/mol. The van der Waals surface area contributed by atoms with E-state index < -0.39 is 6.29 Å². The van der Waals surface area contributed by atoms with Gasteiger partial charge in [0.1, 0.15) is 5.15 Å². The molecule has 1 atom stereocenters. The van der Waals surface area contributed by atoms with Gasteiger partial charge in [-0.15, -0.1) is 0 Å². The van der Waals surface area contributed by atoms with Gasteiger partial charge in [-0.25, -0.2) is 9.50 Å². The van der Waals surface area contributed by atoms with Crippen LogP contribution in [0.15, 0.2) is 18.5 Å². The van der Waals surface area contributed by atoms with E-state index in [0.717, 1.165) is 0 Å². The Labute approximate surface area is 91.3 Å². The average molecular weight is 228 g/mol. The lowest BCUT2D eigenvalue weighted by molar-refractivity contribution is -0.0971. The Balaban J connectivity index is 2.47. The van der Waals surface area contributed by atoms with Crippen molar-refractivity contribution < 1.29 is 9.84 Å². The van der Waals surface area contributed by atoms with Crippen molar-refractivity contribution in [2.24, 2.45) is 0 Å². The molecular formula is C9H10ClN3O2. The Morgan fingerprint density at radius 3 is 3.20 bits per heavy atom. The summed E-state index contributed by atoms with van der Waals surface area (Å²) in [5, 5.41) is 14.0. The van der Waals surface area contributed by atoms with Crippen molar-refractivity contribution in [1.29, 1.82) is 0 Å². The smallest absolute Gasteiger partial charge is 0.186 e. The summed E-state index contributed by atoms with van der Waals surface area (Å²) in [5.41, 5.74) is 1.02. The monoisotopic (exact) mass is 227 g/mol. The zero-order valence-corrected chi connectivity index (χ0v) is 8.85. The van der Waals surface area contributed by atoms with Crippen molar-refractivity contribution in [3.8, 4) is 0 Å². The molecule has 0 fully saturated rings. The van der Waals surface area contributed by atoms with E-state index in [-0.39, 0.29) is 0 Å². The fourth-order valence-electron chi connectivity index (χ4n) is 1.29. The van der Waals surface area contributed by atoms with E-state index in [9.17, 15) is 5.11 Å². The molecule has 2 aromatic rings. The molecule has 0 aromatic carbocycles. The Morgan fingerprint density at radius 2 is 2.47 bits per heavy atom. The van der Waals surface area contributed by atoms with E-state index in [1.54, 1.807) is 19.2 Å². The van der Waals surface area contributed by atoms with Crippen LogP contribution in [0, 0.1) is 0 Å². The van der Waals surface area contributed by atoms with Crippen LogP contribution >= 0.6 is 11.6 Å². The van der Waals surface area contributed by atoms with Gasteiger partial charge in [-0.05, 0) is 13.0 Å². The summed E-state index contributed by atoms with van der Waals surface area (Å²) in [6.45, 7) is 2.22. The average Bonchev–Trinajstić information content (AvgIpc) is 2.60.